The van der Waals surface area contributed by atoms with Crippen molar-refractivity contribution in [3.8, 4) is 16.9 Å². The number of non-ortho nitro benzene ring substituents is 1. The first kappa shape index (κ1) is 33.1. The molecule has 4 rings (SSSR count). The Morgan fingerprint density at radius 3 is 2.31 bits per heavy atom. The fourth-order valence-electron chi connectivity index (χ4n) is 4.20. The van der Waals surface area contributed by atoms with E-state index in [0.29, 0.717) is 17.4 Å². The first-order valence-corrected chi connectivity index (χ1v) is 15.0. The molecule has 3 N–H and O–H groups in total. The molecule has 15 nitrogen and oxygen atoms in total. The number of esters is 1. The van der Waals surface area contributed by atoms with Gasteiger partial charge in [-0.3, -0.25) is 29.3 Å². The Balaban J connectivity index is 1.60. The Bertz CT molecular complexity index is 1750. The molecule has 17 heteroatoms. The topological polar surface area (TPSA) is 201 Å². The Hall–Kier alpha value is -4.79. The van der Waals surface area contributed by atoms with Crippen molar-refractivity contribution >= 4 is 19.4 Å². The number of carbonyl (C=O) groups is 1. The number of aromatic amines is 1. The minimum Gasteiger partial charge on any atom is -0.465 e. The minimum absolute atomic E-state index is 0.000194. The van der Waals surface area contributed by atoms with Gasteiger partial charge in [-0.1, -0.05) is 12.1 Å². The van der Waals surface area contributed by atoms with E-state index < -0.39 is 65.8 Å². The Morgan fingerprint density at radius 1 is 1.16 bits per heavy atom. The van der Waals surface area contributed by atoms with Crippen LogP contribution in [0.3, 0.4) is 0 Å². The number of nitro benzene ring substituents is 1. The summed E-state index contributed by atoms with van der Waals surface area (Å²) >= 11 is 0. The SMILES string of the molecule is CC(C)OC(=O)[C@H](C)NP(=O)(O/C=C1/O[C@@H](n2ccc(=O)[nH]c2=O)[C@](C)(F)[C@@H]1O)Oc1ccc(-c2ccc([N+](=O)[O-])cc2)cc1. The van der Waals surface area contributed by atoms with E-state index in [1.54, 1.807) is 38.1 Å². The molecule has 1 fully saturated rings. The molecular weight excluding hydrogens is 618 g/mol. The standard InChI is InChI=1S/C28H30FN4O11P/c1-16(2)42-25(36)17(3)31-45(40,44-21-11-7-19(8-12-21)18-5-9-20(10-6-18)33(38)39)41-15-22-24(35)28(4,29)26(43-22)32-14-13-23(34)30-27(32)37/h5-17,24,26,35H,1-4H3,(H,31,40)(H,30,34,37)/b22-15+/t17-,24+,26+,28+,45?/m0/s1. The highest BCUT2D eigenvalue weighted by molar-refractivity contribution is 7.52. The van der Waals surface area contributed by atoms with Crippen LogP contribution in [-0.4, -0.2) is 49.5 Å². The van der Waals surface area contributed by atoms with Gasteiger partial charge < -0.3 is 23.6 Å². The quantitative estimate of drug-likeness (QED) is 0.0896. The molecular formula is C28H30FN4O11P. The van der Waals surface area contributed by atoms with E-state index in [4.69, 9.17) is 18.5 Å². The lowest BCUT2D eigenvalue weighted by Crippen LogP contribution is -2.42. The van der Waals surface area contributed by atoms with Crippen molar-refractivity contribution in [3.63, 3.8) is 0 Å². The zero-order chi connectivity index (χ0) is 33.1. The zero-order valence-electron chi connectivity index (χ0n) is 24.4. The van der Waals surface area contributed by atoms with E-state index >= 15 is 4.39 Å². The monoisotopic (exact) mass is 648 g/mol. The molecule has 0 radical (unpaired) electrons. The lowest BCUT2D eigenvalue weighted by molar-refractivity contribution is -0.384. The number of carbonyl (C=O) groups excluding carboxylic acids is 1. The number of benzene rings is 2. The van der Waals surface area contributed by atoms with Crippen LogP contribution in [0.1, 0.15) is 33.9 Å². The summed E-state index contributed by atoms with van der Waals surface area (Å²) in [5, 5.41) is 24.0. The molecule has 0 amide bonds. The smallest absolute Gasteiger partial charge is 0.465 e. The van der Waals surface area contributed by atoms with Crippen LogP contribution in [0.25, 0.3) is 11.1 Å². The van der Waals surface area contributed by atoms with Crippen LogP contribution in [0, 0.1) is 10.1 Å². The number of alkyl halides is 1. The number of aromatic nitrogens is 2. The number of hydrogen-bond donors (Lipinski definition) is 3. The number of rotatable bonds is 11. The van der Waals surface area contributed by atoms with E-state index in [-0.39, 0.29) is 11.4 Å². The first-order chi connectivity index (χ1) is 21.1. The van der Waals surface area contributed by atoms with Gasteiger partial charge in [0, 0.05) is 24.4 Å². The van der Waals surface area contributed by atoms with Gasteiger partial charge in [0.05, 0.1) is 11.0 Å². The summed E-state index contributed by atoms with van der Waals surface area (Å²) in [6, 6.07) is 11.5. The zero-order valence-corrected chi connectivity index (χ0v) is 25.3. The molecule has 1 aromatic heterocycles. The number of nitrogens with one attached hydrogen (secondary N) is 2. The lowest BCUT2D eigenvalue weighted by Gasteiger charge is -2.23. The van der Waals surface area contributed by atoms with Crippen molar-refractivity contribution in [3.05, 3.63) is 104 Å². The van der Waals surface area contributed by atoms with Gasteiger partial charge in [0.2, 0.25) is 6.23 Å². The molecule has 2 heterocycles. The van der Waals surface area contributed by atoms with Gasteiger partial charge in [0.15, 0.2) is 17.5 Å². The predicted molar refractivity (Wildman–Crippen MR) is 157 cm³/mol. The molecule has 1 aliphatic heterocycles. The van der Waals surface area contributed by atoms with Gasteiger partial charge in [-0.05, 0) is 63.1 Å². The predicted octanol–water partition coefficient (Wildman–Crippen LogP) is 3.70. The Kier molecular flexibility index (Phi) is 9.61. The fourth-order valence-corrected chi connectivity index (χ4v) is 5.58. The summed E-state index contributed by atoms with van der Waals surface area (Å²) < 4.78 is 51.8. The number of H-pyrrole nitrogens is 1. The third kappa shape index (κ3) is 7.66. The van der Waals surface area contributed by atoms with Crippen LogP contribution in [-0.2, 0) is 23.4 Å². The van der Waals surface area contributed by atoms with Crippen molar-refractivity contribution in [2.45, 2.75) is 57.8 Å². The molecule has 2 aromatic carbocycles. The van der Waals surface area contributed by atoms with Crippen LogP contribution in [0.5, 0.6) is 5.75 Å². The molecule has 0 bridgehead atoms. The maximum absolute atomic E-state index is 15.6. The van der Waals surface area contributed by atoms with Crippen LogP contribution < -0.4 is 20.9 Å². The van der Waals surface area contributed by atoms with Crippen LogP contribution in [0.2, 0.25) is 0 Å². The van der Waals surface area contributed by atoms with E-state index in [0.717, 1.165) is 23.8 Å². The average molecular weight is 649 g/mol. The molecule has 0 aliphatic carbocycles. The highest BCUT2D eigenvalue weighted by Gasteiger charge is 2.54. The first-order valence-electron chi connectivity index (χ1n) is 13.5. The van der Waals surface area contributed by atoms with E-state index in [2.05, 4.69) is 5.09 Å². The summed E-state index contributed by atoms with van der Waals surface area (Å²) in [5.41, 5.74) is -3.14. The normalized spacial score (nSPS) is 22.3. The second-order valence-electron chi connectivity index (χ2n) is 10.4. The number of nitrogens with zero attached hydrogens (tertiary/aromatic N) is 2. The van der Waals surface area contributed by atoms with Gasteiger partial charge in [-0.15, -0.1) is 0 Å². The van der Waals surface area contributed by atoms with Gasteiger partial charge in [0.1, 0.15) is 18.1 Å². The third-order valence-electron chi connectivity index (χ3n) is 6.49. The molecule has 1 aliphatic rings. The van der Waals surface area contributed by atoms with E-state index in [1.165, 1.54) is 31.2 Å². The second kappa shape index (κ2) is 13.1. The van der Waals surface area contributed by atoms with Crippen LogP contribution in [0.4, 0.5) is 10.1 Å². The van der Waals surface area contributed by atoms with Crippen molar-refractivity contribution in [1.82, 2.24) is 14.6 Å². The highest BCUT2D eigenvalue weighted by atomic mass is 31.2. The van der Waals surface area contributed by atoms with Crippen molar-refractivity contribution in [2.24, 2.45) is 0 Å². The summed E-state index contributed by atoms with van der Waals surface area (Å²) in [7, 11) is -4.56. The van der Waals surface area contributed by atoms with Crippen molar-refractivity contribution in [1.29, 1.82) is 0 Å². The summed E-state index contributed by atoms with van der Waals surface area (Å²) in [6.07, 6.45) is -2.63. The highest BCUT2D eigenvalue weighted by Crippen LogP contribution is 2.48. The largest absolute Gasteiger partial charge is 0.513 e. The Morgan fingerprint density at radius 2 is 1.76 bits per heavy atom. The maximum atomic E-state index is 15.6. The van der Waals surface area contributed by atoms with Crippen molar-refractivity contribution in [2.75, 3.05) is 0 Å². The summed E-state index contributed by atoms with van der Waals surface area (Å²) in [5.74, 6) is -1.36. The number of hydrogen-bond acceptors (Lipinski definition) is 11. The average Bonchev–Trinajstić information content (AvgIpc) is 3.19. The molecule has 240 valence electrons. The molecule has 1 saturated heterocycles. The molecule has 45 heavy (non-hydrogen) atoms. The minimum atomic E-state index is -4.56. The number of ether oxygens (including phenoxy) is 2. The van der Waals surface area contributed by atoms with Gasteiger partial charge in [0.25, 0.3) is 11.2 Å². The van der Waals surface area contributed by atoms with E-state index in [1.807, 2.05) is 4.98 Å². The van der Waals surface area contributed by atoms with Gasteiger partial charge in [-0.2, -0.15) is 5.09 Å². The Labute approximate surface area is 254 Å². The molecule has 0 saturated carbocycles. The lowest BCUT2D eigenvalue weighted by atomic mass is 10.0. The van der Waals surface area contributed by atoms with E-state index in [9.17, 15) is 34.2 Å². The molecule has 1 unspecified atom stereocenters. The third-order valence-corrected chi connectivity index (χ3v) is 8.03. The summed E-state index contributed by atoms with van der Waals surface area (Å²) in [4.78, 5) is 48.5. The van der Waals surface area contributed by atoms with Crippen molar-refractivity contribution < 1.29 is 42.3 Å². The summed E-state index contributed by atoms with van der Waals surface area (Å²) in [6.45, 7) is 5.52. The fraction of sp³-hybridized carbons (Fsp3) is 0.321. The number of halogens is 1. The van der Waals surface area contributed by atoms with Crippen LogP contribution >= 0.6 is 7.75 Å². The number of aliphatic hydroxyl groups excluding tert-OH is 1. The van der Waals surface area contributed by atoms with Gasteiger partial charge >= 0.3 is 19.4 Å². The maximum Gasteiger partial charge on any atom is 0.513 e. The van der Waals surface area contributed by atoms with Gasteiger partial charge in [-0.25, -0.2) is 13.8 Å². The molecule has 0 spiro atoms. The van der Waals surface area contributed by atoms with Crippen LogP contribution in [0.15, 0.2) is 82.4 Å². The number of aliphatic hydroxyl groups is 1. The molecule has 5 atom stereocenters. The molecule has 3 aromatic rings. The number of nitro groups is 1. The second-order valence-corrected chi connectivity index (χ2v) is 12.1.